The van der Waals surface area contributed by atoms with Gasteiger partial charge >= 0.3 is 11.8 Å². The predicted octanol–water partition coefficient (Wildman–Crippen LogP) is 4.79. The van der Waals surface area contributed by atoms with E-state index in [-0.39, 0.29) is 24.1 Å². The molecule has 1 aliphatic carbocycles. The molecule has 0 spiro atoms. The Morgan fingerprint density at radius 2 is 1.69 bits per heavy atom. The molecule has 0 unspecified atom stereocenters. The molecule has 3 amide bonds. The average Bonchev–Trinajstić information content (AvgIpc) is 3.57. The third-order valence-electron chi connectivity index (χ3n) is 5.99. The van der Waals surface area contributed by atoms with E-state index in [1.807, 2.05) is 0 Å². The van der Waals surface area contributed by atoms with Crippen LogP contribution in [0.1, 0.15) is 42.2 Å². The Morgan fingerprint density at radius 3 is 2.34 bits per heavy atom. The van der Waals surface area contributed by atoms with Gasteiger partial charge in [-0.05, 0) is 54.1 Å². The molecule has 9 heteroatoms. The maximum Gasteiger partial charge on any atom is 0.314 e. The van der Waals surface area contributed by atoms with Crippen molar-refractivity contribution in [3.63, 3.8) is 0 Å². The molecule has 1 aromatic heterocycles. The topological polar surface area (TPSA) is 78.5 Å². The lowest BCUT2D eigenvalue weighted by atomic mass is 10.1. The predicted molar refractivity (Wildman–Crippen MR) is 129 cm³/mol. The summed E-state index contributed by atoms with van der Waals surface area (Å²) in [5.74, 6) is -3.38. The monoisotopic (exact) mass is 497 g/mol. The van der Waals surface area contributed by atoms with E-state index in [4.69, 9.17) is 0 Å². The standard InChI is InChI=1S/C26H25F2N3O3S/c27-18-13-11-17(12-14-18)16-29-24(32)23(22-10-5-15-35-22)31(19-6-1-2-7-19)26(34)25(33)30-21-9-4-3-8-20(21)28/h3-5,8-15,19,23H,1-2,6-7,16H2,(H,29,32)(H,30,33)/t23-/m0/s1. The summed E-state index contributed by atoms with van der Waals surface area (Å²) >= 11 is 1.31. The molecule has 182 valence electrons. The van der Waals surface area contributed by atoms with E-state index in [0.717, 1.165) is 12.8 Å². The lowest BCUT2D eigenvalue weighted by Gasteiger charge is -2.34. The summed E-state index contributed by atoms with van der Waals surface area (Å²) in [6, 6.07) is 13.5. The molecule has 1 heterocycles. The summed E-state index contributed by atoms with van der Waals surface area (Å²) in [5.41, 5.74) is 0.589. The summed E-state index contributed by atoms with van der Waals surface area (Å²) in [5, 5.41) is 6.97. The number of amides is 3. The van der Waals surface area contributed by atoms with Crippen LogP contribution in [-0.4, -0.2) is 28.7 Å². The van der Waals surface area contributed by atoms with Crippen LogP contribution in [0.4, 0.5) is 14.5 Å². The van der Waals surface area contributed by atoms with E-state index in [2.05, 4.69) is 10.6 Å². The maximum absolute atomic E-state index is 14.1. The van der Waals surface area contributed by atoms with Gasteiger partial charge in [0.05, 0.1) is 5.69 Å². The van der Waals surface area contributed by atoms with Crippen LogP contribution >= 0.6 is 11.3 Å². The molecule has 2 N–H and O–H groups in total. The van der Waals surface area contributed by atoms with Crippen molar-refractivity contribution >= 4 is 34.7 Å². The maximum atomic E-state index is 14.1. The van der Waals surface area contributed by atoms with Crippen molar-refractivity contribution in [2.45, 2.75) is 44.3 Å². The number of thiophene rings is 1. The molecule has 3 aromatic rings. The Balaban J connectivity index is 1.60. The van der Waals surface area contributed by atoms with E-state index < -0.39 is 29.6 Å². The van der Waals surface area contributed by atoms with Gasteiger partial charge in [-0.15, -0.1) is 11.3 Å². The van der Waals surface area contributed by atoms with Crippen molar-refractivity contribution in [3.05, 3.63) is 88.1 Å². The molecule has 0 radical (unpaired) electrons. The molecular weight excluding hydrogens is 472 g/mol. The Hall–Kier alpha value is -3.59. The summed E-state index contributed by atoms with van der Waals surface area (Å²) in [6.45, 7) is 0.134. The highest BCUT2D eigenvalue weighted by Gasteiger charge is 2.40. The van der Waals surface area contributed by atoms with Gasteiger partial charge in [-0.25, -0.2) is 8.78 Å². The fraction of sp³-hybridized carbons (Fsp3) is 0.269. The molecule has 0 saturated heterocycles. The number of anilines is 1. The number of benzene rings is 2. The smallest absolute Gasteiger partial charge is 0.314 e. The molecule has 0 aliphatic heterocycles. The first kappa shape index (κ1) is 24.5. The lowest BCUT2D eigenvalue weighted by molar-refractivity contribution is -0.150. The first-order valence-electron chi connectivity index (χ1n) is 11.4. The van der Waals surface area contributed by atoms with Crippen LogP contribution in [0.15, 0.2) is 66.0 Å². The first-order valence-corrected chi connectivity index (χ1v) is 12.3. The highest BCUT2D eigenvalue weighted by atomic mass is 32.1. The molecule has 35 heavy (non-hydrogen) atoms. The van der Waals surface area contributed by atoms with E-state index >= 15 is 0 Å². The van der Waals surface area contributed by atoms with Gasteiger partial charge in [-0.3, -0.25) is 14.4 Å². The van der Waals surface area contributed by atoms with Gasteiger partial charge in [0, 0.05) is 17.5 Å². The highest BCUT2D eigenvalue weighted by molar-refractivity contribution is 7.10. The zero-order valence-electron chi connectivity index (χ0n) is 18.9. The molecule has 1 aliphatic rings. The second kappa shape index (κ2) is 11.2. The summed E-state index contributed by atoms with van der Waals surface area (Å²) < 4.78 is 27.3. The zero-order valence-corrected chi connectivity index (χ0v) is 19.7. The molecule has 4 rings (SSSR count). The normalized spacial score (nSPS) is 14.3. The lowest BCUT2D eigenvalue weighted by Crippen LogP contribution is -2.51. The van der Waals surface area contributed by atoms with Crippen molar-refractivity contribution in [1.82, 2.24) is 10.2 Å². The minimum Gasteiger partial charge on any atom is -0.350 e. The number of hydrogen-bond acceptors (Lipinski definition) is 4. The molecule has 0 bridgehead atoms. The van der Waals surface area contributed by atoms with Crippen molar-refractivity contribution in [2.24, 2.45) is 0 Å². The van der Waals surface area contributed by atoms with Crippen molar-refractivity contribution in [2.75, 3.05) is 5.32 Å². The third kappa shape index (κ3) is 5.92. The number of nitrogens with zero attached hydrogens (tertiary/aromatic N) is 1. The second-order valence-electron chi connectivity index (χ2n) is 8.35. The number of nitrogens with one attached hydrogen (secondary N) is 2. The van der Waals surface area contributed by atoms with E-state index in [9.17, 15) is 23.2 Å². The number of halogens is 2. The van der Waals surface area contributed by atoms with Crippen LogP contribution in [0.25, 0.3) is 0 Å². The molecule has 1 saturated carbocycles. The highest BCUT2D eigenvalue weighted by Crippen LogP contribution is 2.34. The summed E-state index contributed by atoms with van der Waals surface area (Å²) in [4.78, 5) is 41.8. The Bertz CT molecular complexity index is 1180. The molecule has 1 atom stereocenters. The Labute approximate surface area is 206 Å². The number of hydrogen-bond donors (Lipinski definition) is 2. The number of carbonyl (C=O) groups excluding carboxylic acids is 3. The minimum absolute atomic E-state index is 0.106. The number of carbonyl (C=O) groups is 3. The Morgan fingerprint density at radius 1 is 0.971 bits per heavy atom. The van der Waals surface area contributed by atoms with Gasteiger partial charge in [0.1, 0.15) is 17.7 Å². The second-order valence-corrected chi connectivity index (χ2v) is 9.33. The van der Waals surface area contributed by atoms with E-state index in [1.54, 1.807) is 35.7 Å². The number of para-hydroxylation sites is 1. The van der Waals surface area contributed by atoms with Gasteiger partial charge in [0.25, 0.3) is 0 Å². The quantitative estimate of drug-likeness (QED) is 0.461. The largest absolute Gasteiger partial charge is 0.350 e. The van der Waals surface area contributed by atoms with Crippen molar-refractivity contribution in [1.29, 1.82) is 0 Å². The van der Waals surface area contributed by atoms with E-state index in [1.165, 1.54) is 46.6 Å². The SMILES string of the molecule is O=C(Nc1ccccc1F)C(=O)N(C1CCCC1)[C@H](C(=O)NCc1ccc(F)cc1)c1cccs1. The van der Waals surface area contributed by atoms with Crippen molar-refractivity contribution < 1.29 is 23.2 Å². The average molecular weight is 498 g/mol. The van der Waals surface area contributed by atoms with Crippen LogP contribution in [0.2, 0.25) is 0 Å². The van der Waals surface area contributed by atoms with Gasteiger partial charge in [-0.2, -0.15) is 0 Å². The third-order valence-corrected chi connectivity index (χ3v) is 6.91. The first-order chi connectivity index (χ1) is 16.9. The van der Waals surface area contributed by atoms with Crippen LogP contribution in [-0.2, 0) is 20.9 Å². The van der Waals surface area contributed by atoms with E-state index in [0.29, 0.717) is 23.3 Å². The summed E-state index contributed by atoms with van der Waals surface area (Å²) in [7, 11) is 0. The van der Waals surface area contributed by atoms with Crippen LogP contribution in [0.3, 0.4) is 0 Å². The van der Waals surface area contributed by atoms with Crippen LogP contribution in [0, 0.1) is 11.6 Å². The minimum atomic E-state index is -1.03. The van der Waals surface area contributed by atoms with Gasteiger partial charge in [-0.1, -0.05) is 43.2 Å². The van der Waals surface area contributed by atoms with Gasteiger partial charge < -0.3 is 15.5 Å². The number of rotatable bonds is 7. The fourth-order valence-corrected chi connectivity index (χ4v) is 5.08. The molecule has 2 aromatic carbocycles. The van der Waals surface area contributed by atoms with Gasteiger partial charge in [0.15, 0.2) is 0 Å². The molecule has 1 fully saturated rings. The van der Waals surface area contributed by atoms with Crippen LogP contribution < -0.4 is 10.6 Å². The summed E-state index contributed by atoms with van der Waals surface area (Å²) in [6.07, 6.45) is 3.06. The molecular formula is C26H25F2N3O3S. The fourth-order valence-electron chi connectivity index (χ4n) is 4.26. The zero-order chi connectivity index (χ0) is 24.8. The van der Waals surface area contributed by atoms with Gasteiger partial charge in [0.2, 0.25) is 5.91 Å². The molecule has 6 nitrogen and oxygen atoms in total. The van der Waals surface area contributed by atoms with Crippen molar-refractivity contribution in [3.8, 4) is 0 Å². The van der Waals surface area contributed by atoms with Crippen LogP contribution in [0.5, 0.6) is 0 Å². The Kier molecular flexibility index (Phi) is 7.87.